The predicted octanol–water partition coefficient (Wildman–Crippen LogP) is 4.42. The van der Waals surface area contributed by atoms with Crippen LogP contribution in [-0.2, 0) is 0 Å². The molecule has 98 valence electrons. The highest BCUT2D eigenvalue weighted by Gasteiger charge is 2.13. The molecule has 2 aromatic rings. The summed E-state index contributed by atoms with van der Waals surface area (Å²) < 4.78 is 0. The van der Waals surface area contributed by atoms with E-state index >= 15 is 0 Å². The SMILES string of the molecule is O=C(Nc1ccc(Cl)cc1)N(O)c1cccc(Cl)c1. The number of hydrogen-bond donors (Lipinski definition) is 2. The second-order valence-electron chi connectivity index (χ2n) is 3.73. The minimum Gasteiger partial charge on any atom is -0.306 e. The average Bonchev–Trinajstić information content (AvgIpc) is 2.40. The van der Waals surface area contributed by atoms with E-state index in [9.17, 15) is 10.0 Å². The van der Waals surface area contributed by atoms with E-state index in [4.69, 9.17) is 23.2 Å². The lowest BCUT2D eigenvalue weighted by atomic mass is 10.3. The quantitative estimate of drug-likeness (QED) is 0.636. The Morgan fingerprint density at radius 2 is 1.74 bits per heavy atom. The molecule has 0 aliphatic carbocycles. The summed E-state index contributed by atoms with van der Waals surface area (Å²) in [6, 6.07) is 12.2. The molecule has 2 amide bonds. The number of carbonyl (C=O) groups is 1. The third kappa shape index (κ3) is 3.61. The molecule has 4 nitrogen and oxygen atoms in total. The number of hydroxylamine groups is 1. The number of rotatable bonds is 2. The summed E-state index contributed by atoms with van der Waals surface area (Å²) in [5, 5.41) is 13.8. The molecule has 0 atom stereocenters. The molecule has 0 radical (unpaired) electrons. The van der Waals surface area contributed by atoms with Crippen molar-refractivity contribution >= 4 is 40.6 Å². The lowest BCUT2D eigenvalue weighted by Gasteiger charge is -2.16. The standard InChI is InChI=1S/C13H10Cl2N2O2/c14-9-4-6-11(7-5-9)16-13(18)17(19)12-3-1-2-10(15)8-12/h1-8,19H,(H,16,18). The van der Waals surface area contributed by atoms with Crippen molar-refractivity contribution in [3.05, 3.63) is 58.6 Å². The van der Waals surface area contributed by atoms with Gasteiger partial charge in [-0.2, -0.15) is 5.06 Å². The first-order chi connectivity index (χ1) is 9.06. The Labute approximate surface area is 120 Å². The predicted molar refractivity (Wildman–Crippen MR) is 76.2 cm³/mol. The number of urea groups is 1. The summed E-state index contributed by atoms with van der Waals surface area (Å²) in [4.78, 5) is 11.8. The van der Waals surface area contributed by atoms with Crippen LogP contribution in [0.25, 0.3) is 0 Å². The number of halogens is 2. The molecular formula is C13H10Cl2N2O2. The van der Waals surface area contributed by atoms with Crippen LogP contribution in [0.15, 0.2) is 48.5 Å². The summed E-state index contributed by atoms with van der Waals surface area (Å²) >= 11 is 11.5. The van der Waals surface area contributed by atoms with Crippen LogP contribution >= 0.6 is 23.2 Å². The van der Waals surface area contributed by atoms with Gasteiger partial charge in [-0.05, 0) is 42.5 Å². The molecule has 0 fully saturated rings. The van der Waals surface area contributed by atoms with Crippen LogP contribution < -0.4 is 10.4 Å². The lowest BCUT2D eigenvalue weighted by Crippen LogP contribution is -2.31. The molecule has 0 spiro atoms. The summed E-state index contributed by atoms with van der Waals surface area (Å²) in [6.45, 7) is 0. The maximum Gasteiger partial charge on any atom is 0.350 e. The van der Waals surface area contributed by atoms with Crippen LogP contribution in [0, 0.1) is 0 Å². The van der Waals surface area contributed by atoms with E-state index in [0.717, 1.165) is 0 Å². The smallest absolute Gasteiger partial charge is 0.306 e. The Bertz CT molecular complexity index is 587. The van der Waals surface area contributed by atoms with Crippen molar-refractivity contribution in [1.29, 1.82) is 0 Å². The molecule has 0 saturated carbocycles. The van der Waals surface area contributed by atoms with E-state index in [1.54, 1.807) is 42.5 Å². The first kappa shape index (κ1) is 13.7. The van der Waals surface area contributed by atoms with Crippen LogP contribution in [0.4, 0.5) is 16.2 Å². The first-order valence-electron chi connectivity index (χ1n) is 5.37. The molecule has 2 rings (SSSR count). The molecule has 6 heteroatoms. The summed E-state index contributed by atoms with van der Waals surface area (Å²) in [6.07, 6.45) is 0. The van der Waals surface area contributed by atoms with Gasteiger partial charge >= 0.3 is 6.03 Å². The van der Waals surface area contributed by atoms with Crippen molar-refractivity contribution in [3.63, 3.8) is 0 Å². The van der Waals surface area contributed by atoms with E-state index in [1.165, 1.54) is 6.07 Å². The van der Waals surface area contributed by atoms with Gasteiger partial charge in [-0.15, -0.1) is 0 Å². The third-order valence-electron chi connectivity index (χ3n) is 2.34. The lowest BCUT2D eigenvalue weighted by molar-refractivity contribution is 0.216. The third-order valence-corrected chi connectivity index (χ3v) is 2.83. The molecule has 0 heterocycles. The van der Waals surface area contributed by atoms with Crippen molar-refractivity contribution in [3.8, 4) is 0 Å². The van der Waals surface area contributed by atoms with Gasteiger partial charge in [-0.3, -0.25) is 5.21 Å². The van der Waals surface area contributed by atoms with Gasteiger partial charge in [-0.25, -0.2) is 4.79 Å². The molecule has 0 aliphatic rings. The average molecular weight is 297 g/mol. The zero-order chi connectivity index (χ0) is 13.8. The number of benzene rings is 2. The Morgan fingerprint density at radius 3 is 2.37 bits per heavy atom. The van der Waals surface area contributed by atoms with Crippen LogP contribution in [0.5, 0.6) is 0 Å². The first-order valence-corrected chi connectivity index (χ1v) is 6.13. The highest BCUT2D eigenvalue weighted by molar-refractivity contribution is 6.31. The zero-order valence-corrected chi connectivity index (χ0v) is 11.2. The van der Waals surface area contributed by atoms with Gasteiger partial charge in [0.05, 0.1) is 5.69 Å². The molecule has 2 N–H and O–H groups in total. The second kappa shape index (κ2) is 5.93. The fraction of sp³-hybridized carbons (Fsp3) is 0. The summed E-state index contributed by atoms with van der Waals surface area (Å²) in [5.74, 6) is 0. The fourth-order valence-electron chi connectivity index (χ4n) is 1.43. The van der Waals surface area contributed by atoms with Gasteiger partial charge < -0.3 is 5.32 Å². The van der Waals surface area contributed by atoms with E-state index in [2.05, 4.69) is 5.32 Å². The van der Waals surface area contributed by atoms with Gasteiger partial charge in [-0.1, -0.05) is 29.3 Å². The van der Waals surface area contributed by atoms with Crippen molar-refractivity contribution in [2.24, 2.45) is 0 Å². The topological polar surface area (TPSA) is 52.6 Å². The van der Waals surface area contributed by atoms with Crippen LogP contribution in [0.2, 0.25) is 10.0 Å². The number of carbonyl (C=O) groups excluding carboxylic acids is 1. The van der Waals surface area contributed by atoms with Crippen LogP contribution in [-0.4, -0.2) is 11.2 Å². The minimum atomic E-state index is -0.690. The minimum absolute atomic E-state index is 0.277. The van der Waals surface area contributed by atoms with Gasteiger partial charge in [0.25, 0.3) is 0 Å². The molecule has 0 saturated heterocycles. The van der Waals surface area contributed by atoms with E-state index in [1.807, 2.05) is 0 Å². The number of hydrogen-bond acceptors (Lipinski definition) is 2. The van der Waals surface area contributed by atoms with E-state index in [-0.39, 0.29) is 5.69 Å². The van der Waals surface area contributed by atoms with Crippen molar-refractivity contribution in [2.45, 2.75) is 0 Å². The van der Waals surface area contributed by atoms with E-state index < -0.39 is 6.03 Å². The maximum atomic E-state index is 11.8. The van der Waals surface area contributed by atoms with Gasteiger partial charge in [0.2, 0.25) is 0 Å². The molecule has 0 aliphatic heterocycles. The zero-order valence-electron chi connectivity index (χ0n) is 9.68. The van der Waals surface area contributed by atoms with Crippen molar-refractivity contribution < 1.29 is 10.0 Å². The number of amides is 2. The molecule has 0 bridgehead atoms. The molecule has 2 aromatic carbocycles. The number of nitrogens with one attached hydrogen (secondary N) is 1. The van der Waals surface area contributed by atoms with Gasteiger partial charge in [0.1, 0.15) is 0 Å². The largest absolute Gasteiger partial charge is 0.350 e. The van der Waals surface area contributed by atoms with Crippen LogP contribution in [0.3, 0.4) is 0 Å². The Balaban J connectivity index is 2.09. The Kier molecular flexibility index (Phi) is 4.27. The maximum absolute atomic E-state index is 11.8. The van der Waals surface area contributed by atoms with Gasteiger partial charge in [0.15, 0.2) is 0 Å². The number of anilines is 2. The van der Waals surface area contributed by atoms with Crippen molar-refractivity contribution in [1.82, 2.24) is 0 Å². The highest BCUT2D eigenvalue weighted by atomic mass is 35.5. The highest BCUT2D eigenvalue weighted by Crippen LogP contribution is 2.19. The summed E-state index contributed by atoms with van der Waals surface area (Å²) in [5.41, 5.74) is 0.800. The fourth-order valence-corrected chi connectivity index (χ4v) is 1.75. The van der Waals surface area contributed by atoms with E-state index in [0.29, 0.717) is 20.8 Å². The number of nitrogens with zero attached hydrogens (tertiary/aromatic N) is 1. The molecule has 19 heavy (non-hydrogen) atoms. The second-order valence-corrected chi connectivity index (χ2v) is 4.60. The van der Waals surface area contributed by atoms with Crippen molar-refractivity contribution in [2.75, 3.05) is 10.4 Å². The Hall–Kier alpha value is -1.75. The molecule has 0 aromatic heterocycles. The Morgan fingerprint density at radius 1 is 1.05 bits per heavy atom. The molecular weight excluding hydrogens is 287 g/mol. The van der Waals surface area contributed by atoms with Gasteiger partial charge in [0, 0.05) is 15.7 Å². The van der Waals surface area contributed by atoms with Crippen LogP contribution in [0.1, 0.15) is 0 Å². The normalized spacial score (nSPS) is 10.1. The monoisotopic (exact) mass is 296 g/mol. The molecule has 0 unspecified atom stereocenters. The summed E-state index contributed by atoms with van der Waals surface area (Å²) in [7, 11) is 0.